The van der Waals surface area contributed by atoms with Crippen LogP contribution in [0.5, 0.6) is 0 Å². The van der Waals surface area contributed by atoms with E-state index in [1.54, 1.807) is 12.1 Å². The minimum absolute atomic E-state index is 0.136. The molecule has 1 aromatic carbocycles. The van der Waals surface area contributed by atoms with E-state index in [1.165, 1.54) is 12.3 Å². The normalized spacial score (nSPS) is 10.6. The summed E-state index contributed by atoms with van der Waals surface area (Å²) in [5.41, 5.74) is 0.804. The van der Waals surface area contributed by atoms with E-state index in [-0.39, 0.29) is 22.0 Å². The van der Waals surface area contributed by atoms with Crippen LogP contribution in [0.4, 0.5) is 0 Å². The molecule has 20 heavy (non-hydrogen) atoms. The van der Waals surface area contributed by atoms with Crippen molar-refractivity contribution in [2.75, 3.05) is 0 Å². The molecule has 0 spiro atoms. The number of nitrogens with one attached hydrogen (secondary N) is 1. The lowest BCUT2D eigenvalue weighted by molar-refractivity contribution is -0.136. The summed E-state index contributed by atoms with van der Waals surface area (Å²) in [4.78, 5) is 24.7. The molecule has 104 valence electrons. The molecule has 0 radical (unpaired) electrons. The molecule has 1 aromatic heterocycles. The second kappa shape index (κ2) is 5.87. The van der Waals surface area contributed by atoms with Crippen LogP contribution in [0.1, 0.15) is 5.56 Å². The van der Waals surface area contributed by atoms with Gasteiger partial charge in [0.15, 0.2) is 0 Å². The lowest BCUT2D eigenvalue weighted by atomic mass is 10.0. The van der Waals surface area contributed by atoms with Gasteiger partial charge in [0.2, 0.25) is 0 Å². The number of hydrogen-bond donors (Lipinski definition) is 2. The lowest BCUT2D eigenvalue weighted by Gasteiger charge is -2.08. The molecule has 1 heterocycles. The Bertz CT molecular complexity index is 740. The third-order valence-electron chi connectivity index (χ3n) is 2.67. The van der Waals surface area contributed by atoms with E-state index >= 15 is 0 Å². The third-order valence-corrected chi connectivity index (χ3v) is 3.96. The first kappa shape index (κ1) is 14.9. The van der Waals surface area contributed by atoms with Gasteiger partial charge < -0.3 is 10.1 Å². The summed E-state index contributed by atoms with van der Waals surface area (Å²) >= 11 is 17.9. The van der Waals surface area contributed by atoms with Gasteiger partial charge in [0.1, 0.15) is 0 Å². The van der Waals surface area contributed by atoms with E-state index in [0.717, 1.165) is 0 Å². The number of aromatic amines is 1. The molecule has 2 aromatic rings. The first-order chi connectivity index (χ1) is 9.40. The number of pyridine rings is 1. The van der Waals surface area contributed by atoms with Gasteiger partial charge in [-0.05, 0) is 17.7 Å². The summed E-state index contributed by atoms with van der Waals surface area (Å²) in [7, 11) is 0. The minimum atomic E-state index is -1.09. The number of halogens is 3. The maximum Gasteiger partial charge on any atom is 0.308 e. The summed E-state index contributed by atoms with van der Waals surface area (Å²) in [6.45, 7) is 0. The van der Waals surface area contributed by atoms with E-state index in [9.17, 15) is 9.59 Å². The van der Waals surface area contributed by atoms with Crippen LogP contribution in [0.2, 0.25) is 15.1 Å². The number of benzene rings is 1. The Balaban J connectivity index is 2.57. The molecule has 7 heteroatoms. The van der Waals surface area contributed by atoms with Crippen LogP contribution in [0.25, 0.3) is 11.1 Å². The van der Waals surface area contributed by atoms with Crippen LogP contribution in [-0.2, 0) is 11.2 Å². The van der Waals surface area contributed by atoms with Crippen LogP contribution < -0.4 is 5.56 Å². The van der Waals surface area contributed by atoms with E-state index in [1.807, 2.05) is 0 Å². The van der Waals surface area contributed by atoms with Gasteiger partial charge in [-0.1, -0.05) is 40.9 Å². The molecule has 0 fully saturated rings. The Morgan fingerprint density at radius 3 is 2.55 bits per heavy atom. The predicted octanol–water partition coefficient (Wildman–Crippen LogP) is 3.63. The van der Waals surface area contributed by atoms with Crippen molar-refractivity contribution >= 4 is 40.8 Å². The van der Waals surface area contributed by atoms with Crippen molar-refractivity contribution < 1.29 is 9.90 Å². The van der Waals surface area contributed by atoms with E-state index in [0.29, 0.717) is 16.1 Å². The second-order valence-electron chi connectivity index (χ2n) is 4.04. The lowest BCUT2D eigenvalue weighted by Crippen LogP contribution is -2.15. The van der Waals surface area contributed by atoms with Gasteiger partial charge in [-0.3, -0.25) is 9.59 Å². The van der Waals surface area contributed by atoms with Crippen molar-refractivity contribution in [1.29, 1.82) is 0 Å². The Hall–Kier alpha value is -1.49. The zero-order chi connectivity index (χ0) is 14.9. The van der Waals surface area contributed by atoms with Crippen molar-refractivity contribution in [3.05, 3.63) is 55.4 Å². The van der Waals surface area contributed by atoms with Crippen LogP contribution >= 0.6 is 34.8 Å². The van der Waals surface area contributed by atoms with Crippen LogP contribution in [0.15, 0.2) is 29.2 Å². The minimum Gasteiger partial charge on any atom is -0.481 e. The zero-order valence-corrected chi connectivity index (χ0v) is 12.2. The highest BCUT2D eigenvalue weighted by Gasteiger charge is 2.13. The Morgan fingerprint density at radius 2 is 1.90 bits per heavy atom. The topological polar surface area (TPSA) is 70.2 Å². The van der Waals surface area contributed by atoms with Gasteiger partial charge in [0.25, 0.3) is 5.56 Å². The number of aromatic nitrogens is 1. The molecule has 0 saturated heterocycles. The fourth-order valence-corrected chi connectivity index (χ4v) is 2.37. The number of H-pyrrole nitrogens is 1. The number of aliphatic carboxylic acids is 1. The molecule has 2 N–H and O–H groups in total. The standard InChI is InChI=1S/C13H8Cl3NO3/c14-9-2-1-8(11(15)12(9)16)7-3-6(4-10(18)19)13(20)17-5-7/h1-3,5H,4H2,(H,17,20)(H,18,19). The molecule has 0 unspecified atom stereocenters. The second-order valence-corrected chi connectivity index (χ2v) is 5.20. The van der Waals surface area contributed by atoms with Crippen LogP contribution in [-0.4, -0.2) is 16.1 Å². The molecule has 0 saturated carbocycles. The first-order valence-corrected chi connectivity index (χ1v) is 6.61. The SMILES string of the molecule is O=C(O)Cc1cc(-c2ccc(Cl)c(Cl)c2Cl)c[nH]c1=O. The smallest absolute Gasteiger partial charge is 0.308 e. The molecule has 4 nitrogen and oxygen atoms in total. The molecule has 0 bridgehead atoms. The first-order valence-electron chi connectivity index (χ1n) is 5.47. The average Bonchev–Trinajstić information content (AvgIpc) is 2.39. The van der Waals surface area contributed by atoms with Crippen molar-refractivity contribution in [2.24, 2.45) is 0 Å². The maximum atomic E-state index is 11.5. The monoisotopic (exact) mass is 331 g/mol. The summed E-state index contributed by atoms with van der Waals surface area (Å²) in [5, 5.41) is 9.53. The fourth-order valence-electron chi connectivity index (χ4n) is 1.73. The molecule has 0 aliphatic carbocycles. The quantitative estimate of drug-likeness (QED) is 0.843. The number of carboxylic acids is 1. The largest absolute Gasteiger partial charge is 0.481 e. The van der Waals surface area contributed by atoms with Crippen molar-refractivity contribution in [1.82, 2.24) is 4.98 Å². The van der Waals surface area contributed by atoms with Crippen molar-refractivity contribution in [2.45, 2.75) is 6.42 Å². The van der Waals surface area contributed by atoms with Gasteiger partial charge >= 0.3 is 5.97 Å². The van der Waals surface area contributed by atoms with Crippen molar-refractivity contribution in [3.63, 3.8) is 0 Å². The molecule has 0 aliphatic heterocycles. The van der Waals surface area contributed by atoms with Gasteiger partial charge in [-0.15, -0.1) is 0 Å². The molecule has 2 rings (SSSR count). The van der Waals surface area contributed by atoms with Gasteiger partial charge in [0.05, 0.1) is 21.5 Å². The van der Waals surface area contributed by atoms with E-state index < -0.39 is 11.5 Å². The predicted molar refractivity (Wildman–Crippen MR) is 78.9 cm³/mol. The summed E-state index contributed by atoms with van der Waals surface area (Å²) in [6.07, 6.45) is 1.07. The molecule has 0 aliphatic rings. The number of carbonyl (C=O) groups is 1. The Morgan fingerprint density at radius 1 is 1.20 bits per heavy atom. The molecular weight excluding hydrogens is 325 g/mol. The number of rotatable bonds is 3. The van der Waals surface area contributed by atoms with E-state index in [4.69, 9.17) is 39.9 Å². The highest BCUT2D eigenvalue weighted by molar-refractivity contribution is 6.49. The Labute approximate surface area is 128 Å². The number of carboxylic acid groups (broad SMARTS) is 1. The highest BCUT2D eigenvalue weighted by Crippen LogP contribution is 2.37. The van der Waals surface area contributed by atoms with E-state index in [2.05, 4.69) is 4.98 Å². The summed E-state index contributed by atoms with van der Waals surface area (Å²) in [6, 6.07) is 4.69. The van der Waals surface area contributed by atoms with Crippen LogP contribution in [0.3, 0.4) is 0 Å². The zero-order valence-electron chi connectivity index (χ0n) is 9.91. The number of hydrogen-bond acceptors (Lipinski definition) is 2. The third kappa shape index (κ3) is 2.98. The molecule has 0 amide bonds. The maximum absolute atomic E-state index is 11.5. The molecular formula is C13H8Cl3NO3. The fraction of sp³-hybridized carbons (Fsp3) is 0.0769. The van der Waals surface area contributed by atoms with Gasteiger partial charge in [0, 0.05) is 17.3 Å². The summed E-state index contributed by atoms with van der Waals surface area (Å²) < 4.78 is 0. The van der Waals surface area contributed by atoms with Crippen molar-refractivity contribution in [3.8, 4) is 11.1 Å². The highest BCUT2D eigenvalue weighted by atomic mass is 35.5. The molecule has 0 atom stereocenters. The Kier molecular flexibility index (Phi) is 4.38. The van der Waals surface area contributed by atoms with Gasteiger partial charge in [-0.25, -0.2) is 0 Å². The summed E-state index contributed by atoms with van der Waals surface area (Å²) in [5.74, 6) is -1.09. The van der Waals surface area contributed by atoms with Gasteiger partial charge in [-0.2, -0.15) is 0 Å². The van der Waals surface area contributed by atoms with Crippen LogP contribution in [0, 0.1) is 0 Å². The average molecular weight is 333 g/mol.